The number of anilines is 2. The molecule has 2 N–H and O–H groups in total. The maximum Gasteiger partial charge on any atom is 0.273 e. The Kier molecular flexibility index (Phi) is 4.24. The molecule has 20 heavy (non-hydrogen) atoms. The minimum absolute atomic E-state index is 0.0570. The summed E-state index contributed by atoms with van der Waals surface area (Å²) in [5.74, 6) is 1.63. The van der Waals surface area contributed by atoms with E-state index < -0.39 is 4.92 Å². The first kappa shape index (κ1) is 13.9. The normalized spacial score (nSPS) is 10.3. The summed E-state index contributed by atoms with van der Waals surface area (Å²) < 4.78 is 5.45. The highest BCUT2D eigenvalue weighted by Crippen LogP contribution is 2.24. The standard InChI is InChI=1S/C14H17N3O3/c1-3-15-11-6-12(8-13(7-11)17(18)19)16-9-14-5-4-10(2)20-14/h4-8,15-16H,3,9H2,1-2H3. The molecule has 1 aromatic heterocycles. The largest absolute Gasteiger partial charge is 0.465 e. The van der Waals surface area contributed by atoms with Gasteiger partial charge in [-0.05, 0) is 32.0 Å². The molecule has 0 amide bonds. The number of nitrogens with one attached hydrogen (secondary N) is 2. The molecule has 0 atom stereocenters. The molecule has 0 aliphatic heterocycles. The first-order valence-corrected chi connectivity index (χ1v) is 6.41. The summed E-state index contributed by atoms with van der Waals surface area (Å²) >= 11 is 0. The summed E-state index contributed by atoms with van der Waals surface area (Å²) in [5, 5.41) is 17.1. The van der Waals surface area contributed by atoms with Crippen LogP contribution >= 0.6 is 0 Å². The molecule has 2 rings (SSSR count). The van der Waals surface area contributed by atoms with Crippen LogP contribution in [0.25, 0.3) is 0 Å². The Morgan fingerprint density at radius 1 is 1.20 bits per heavy atom. The van der Waals surface area contributed by atoms with Crippen molar-refractivity contribution in [1.82, 2.24) is 0 Å². The molecule has 1 aromatic carbocycles. The van der Waals surface area contributed by atoms with Crippen LogP contribution in [0.4, 0.5) is 17.1 Å². The molecule has 0 radical (unpaired) electrons. The van der Waals surface area contributed by atoms with E-state index in [1.165, 1.54) is 12.1 Å². The monoisotopic (exact) mass is 275 g/mol. The average Bonchev–Trinajstić information content (AvgIpc) is 2.82. The van der Waals surface area contributed by atoms with Crippen molar-refractivity contribution >= 4 is 17.1 Å². The maximum atomic E-state index is 10.9. The summed E-state index contributed by atoms with van der Waals surface area (Å²) in [6.07, 6.45) is 0. The fourth-order valence-corrected chi connectivity index (χ4v) is 1.89. The first-order chi connectivity index (χ1) is 9.58. The van der Waals surface area contributed by atoms with Gasteiger partial charge in [-0.1, -0.05) is 0 Å². The predicted molar refractivity (Wildman–Crippen MR) is 78.0 cm³/mol. The van der Waals surface area contributed by atoms with Gasteiger partial charge in [-0.2, -0.15) is 0 Å². The number of nitro groups is 1. The van der Waals surface area contributed by atoms with E-state index >= 15 is 0 Å². The molecule has 0 spiro atoms. The highest BCUT2D eigenvalue weighted by atomic mass is 16.6. The Balaban J connectivity index is 2.15. The number of furan rings is 1. The number of benzene rings is 1. The molecule has 106 valence electrons. The molecule has 0 bridgehead atoms. The lowest BCUT2D eigenvalue weighted by Gasteiger charge is -2.08. The Morgan fingerprint density at radius 3 is 2.45 bits per heavy atom. The Morgan fingerprint density at radius 2 is 1.90 bits per heavy atom. The van der Waals surface area contributed by atoms with E-state index in [0.717, 1.165) is 17.2 Å². The number of nitro benzene ring substituents is 1. The zero-order valence-corrected chi connectivity index (χ0v) is 11.5. The minimum Gasteiger partial charge on any atom is -0.465 e. The van der Waals surface area contributed by atoms with Gasteiger partial charge in [0.25, 0.3) is 5.69 Å². The summed E-state index contributed by atoms with van der Waals surface area (Å²) in [5.41, 5.74) is 1.46. The minimum atomic E-state index is -0.400. The van der Waals surface area contributed by atoms with Crippen molar-refractivity contribution in [1.29, 1.82) is 0 Å². The lowest BCUT2D eigenvalue weighted by atomic mass is 10.2. The molecule has 0 aliphatic carbocycles. The number of aryl methyl sites for hydroxylation is 1. The van der Waals surface area contributed by atoms with Crippen LogP contribution in [0.1, 0.15) is 18.4 Å². The van der Waals surface area contributed by atoms with Gasteiger partial charge in [0.05, 0.1) is 11.5 Å². The van der Waals surface area contributed by atoms with Gasteiger partial charge < -0.3 is 15.1 Å². The molecule has 0 saturated heterocycles. The summed E-state index contributed by atoms with van der Waals surface area (Å²) in [4.78, 5) is 10.5. The van der Waals surface area contributed by atoms with E-state index in [0.29, 0.717) is 18.8 Å². The number of nitrogens with zero attached hydrogens (tertiary/aromatic N) is 1. The number of hydrogen-bond acceptors (Lipinski definition) is 5. The second kappa shape index (κ2) is 6.10. The van der Waals surface area contributed by atoms with Gasteiger partial charge in [-0.25, -0.2) is 0 Å². The van der Waals surface area contributed by atoms with Gasteiger partial charge in [0.1, 0.15) is 11.5 Å². The molecule has 6 heteroatoms. The van der Waals surface area contributed by atoms with Crippen molar-refractivity contribution in [2.24, 2.45) is 0 Å². The van der Waals surface area contributed by atoms with Crippen molar-refractivity contribution in [2.45, 2.75) is 20.4 Å². The topological polar surface area (TPSA) is 80.3 Å². The van der Waals surface area contributed by atoms with E-state index in [-0.39, 0.29) is 5.69 Å². The highest BCUT2D eigenvalue weighted by molar-refractivity contribution is 5.63. The third-order valence-corrected chi connectivity index (χ3v) is 2.77. The van der Waals surface area contributed by atoms with Crippen molar-refractivity contribution in [3.05, 3.63) is 52.0 Å². The molecule has 2 aromatic rings. The van der Waals surface area contributed by atoms with E-state index in [1.807, 2.05) is 32.0 Å². The van der Waals surface area contributed by atoms with Gasteiger partial charge in [0.2, 0.25) is 0 Å². The smallest absolute Gasteiger partial charge is 0.273 e. The third kappa shape index (κ3) is 3.50. The molecule has 0 fully saturated rings. The Labute approximate surface area is 116 Å². The van der Waals surface area contributed by atoms with Crippen LogP contribution in [-0.2, 0) is 6.54 Å². The summed E-state index contributed by atoms with van der Waals surface area (Å²) in [7, 11) is 0. The zero-order chi connectivity index (χ0) is 14.5. The number of rotatable bonds is 6. The first-order valence-electron chi connectivity index (χ1n) is 6.41. The lowest BCUT2D eigenvalue weighted by molar-refractivity contribution is -0.384. The number of non-ortho nitro benzene ring substituents is 1. The average molecular weight is 275 g/mol. The summed E-state index contributed by atoms with van der Waals surface area (Å²) in [6.45, 7) is 5.01. The van der Waals surface area contributed by atoms with Crippen LogP contribution < -0.4 is 10.6 Å². The Bertz CT molecular complexity index is 607. The molecule has 6 nitrogen and oxygen atoms in total. The summed E-state index contributed by atoms with van der Waals surface area (Å²) in [6, 6.07) is 8.63. The molecular weight excluding hydrogens is 258 g/mol. The fraction of sp³-hybridized carbons (Fsp3) is 0.286. The van der Waals surface area contributed by atoms with Crippen molar-refractivity contribution < 1.29 is 9.34 Å². The van der Waals surface area contributed by atoms with Gasteiger partial charge in [0.15, 0.2) is 0 Å². The highest BCUT2D eigenvalue weighted by Gasteiger charge is 2.10. The van der Waals surface area contributed by atoms with Crippen molar-refractivity contribution in [3.8, 4) is 0 Å². The lowest BCUT2D eigenvalue weighted by Crippen LogP contribution is -2.02. The van der Waals surface area contributed by atoms with E-state index in [1.54, 1.807) is 0 Å². The van der Waals surface area contributed by atoms with Crippen LogP contribution in [0.2, 0.25) is 0 Å². The van der Waals surface area contributed by atoms with Gasteiger partial charge in [-0.3, -0.25) is 10.1 Å². The van der Waals surface area contributed by atoms with E-state index in [9.17, 15) is 10.1 Å². The second-order valence-corrected chi connectivity index (χ2v) is 4.42. The van der Waals surface area contributed by atoms with Crippen LogP contribution in [0.15, 0.2) is 34.7 Å². The number of hydrogen-bond donors (Lipinski definition) is 2. The van der Waals surface area contributed by atoms with Crippen LogP contribution in [0.5, 0.6) is 0 Å². The van der Waals surface area contributed by atoms with E-state index in [4.69, 9.17) is 4.42 Å². The molecule has 0 aliphatic rings. The van der Waals surface area contributed by atoms with Crippen molar-refractivity contribution in [2.75, 3.05) is 17.2 Å². The Hall–Kier alpha value is -2.50. The molecule has 0 saturated carbocycles. The third-order valence-electron chi connectivity index (χ3n) is 2.77. The SMILES string of the molecule is CCNc1cc(NCc2ccc(C)o2)cc([N+](=O)[O-])c1. The molecular formula is C14H17N3O3. The van der Waals surface area contributed by atoms with Crippen LogP contribution in [0.3, 0.4) is 0 Å². The van der Waals surface area contributed by atoms with Crippen LogP contribution in [-0.4, -0.2) is 11.5 Å². The molecule has 0 unspecified atom stereocenters. The predicted octanol–water partition coefficient (Wildman–Crippen LogP) is 3.54. The molecule has 1 heterocycles. The van der Waals surface area contributed by atoms with E-state index in [2.05, 4.69) is 10.6 Å². The van der Waals surface area contributed by atoms with Gasteiger partial charge in [0, 0.05) is 30.1 Å². The second-order valence-electron chi connectivity index (χ2n) is 4.42. The van der Waals surface area contributed by atoms with Gasteiger partial charge in [-0.15, -0.1) is 0 Å². The van der Waals surface area contributed by atoms with Crippen LogP contribution in [0, 0.1) is 17.0 Å². The zero-order valence-electron chi connectivity index (χ0n) is 11.5. The maximum absolute atomic E-state index is 10.9. The van der Waals surface area contributed by atoms with Crippen molar-refractivity contribution in [3.63, 3.8) is 0 Å². The quantitative estimate of drug-likeness (QED) is 0.622. The van der Waals surface area contributed by atoms with Gasteiger partial charge >= 0.3 is 0 Å². The fourth-order valence-electron chi connectivity index (χ4n) is 1.89.